The van der Waals surface area contributed by atoms with E-state index in [1.54, 1.807) is 19.4 Å². The molecule has 0 unspecified atom stereocenters. The number of nitrogens with zero attached hydrogens (tertiary/aromatic N) is 2. The molecule has 1 heterocycles. The van der Waals surface area contributed by atoms with Gasteiger partial charge in [0.1, 0.15) is 5.75 Å². The highest BCUT2D eigenvalue weighted by atomic mass is 35.5. The van der Waals surface area contributed by atoms with Gasteiger partial charge >= 0.3 is 0 Å². The van der Waals surface area contributed by atoms with Gasteiger partial charge in [-0.3, -0.25) is 4.79 Å². The van der Waals surface area contributed by atoms with Crippen LogP contribution in [0.4, 0.5) is 5.69 Å². The predicted octanol–water partition coefficient (Wildman–Crippen LogP) is 3.99. The summed E-state index contributed by atoms with van der Waals surface area (Å²) in [7, 11) is 1.55. The predicted molar refractivity (Wildman–Crippen MR) is 94.6 cm³/mol. The second-order valence-corrected chi connectivity index (χ2v) is 6.76. The van der Waals surface area contributed by atoms with Crippen LogP contribution in [0.25, 0.3) is 0 Å². The first-order valence-corrected chi connectivity index (χ1v) is 8.54. The Balaban J connectivity index is 2.11. The van der Waals surface area contributed by atoms with Crippen LogP contribution in [0.1, 0.15) is 19.4 Å². The molecule has 7 heteroatoms. The highest BCUT2D eigenvalue weighted by Crippen LogP contribution is 2.32. The second-order valence-electron chi connectivity index (χ2n) is 5.05. The number of benzene rings is 1. The molecule has 0 spiro atoms. The first-order valence-electron chi connectivity index (χ1n) is 7.29. The SMILES string of the molecule is CCn1ccnc1S[C@H](C)C(=O)Nc1cc(C)c(Cl)cc1OC. The molecule has 23 heavy (non-hydrogen) atoms. The molecule has 1 atom stereocenters. The number of ether oxygens (including phenoxy) is 1. The third-order valence-corrected chi connectivity index (χ3v) is 4.93. The summed E-state index contributed by atoms with van der Waals surface area (Å²) >= 11 is 7.51. The minimum Gasteiger partial charge on any atom is -0.495 e. The number of hydrogen-bond donors (Lipinski definition) is 1. The lowest BCUT2D eigenvalue weighted by molar-refractivity contribution is -0.115. The number of aromatic nitrogens is 2. The van der Waals surface area contributed by atoms with Crippen molar-refractivity contribution in [2.75, 3.05) is 12.4 Å². The van der Waals surface area contributed by atoms with Crippen LogP contribution < -0.4 is 10.1 Å². The van der Waals surface area contributed by atoms with Crippen LogP contribution in [0.15, 0.2) is 29.7 Å². The van der Waals surface area contributed by atoms with Crippen molar-refractivity contribution in [1.29, 1.82) is 0 Å². The van der Waals surface area contributed by atoms with E-state index in [1.807, 2.05) is 37.6 Å². The van der Waals surface area contributed by atoms with Crippen LogP contribution >= 0.6 is 23.4 Å². The van der Waals surface area contributed by atoms with Crippen molar-refractivity contribution in [3.8, 4) is 5.75 Å². The lowest BCUT2D eigenvalue weighted by Gasteiger charge is -2.15. The molecular formula is C16H20ClN3O2S. The van der Waals surface area contributed by atoms with Crippen molar-refractivity contribution in [1.82, 2.24) is 9.55 Å². The Morgan fingerprint density at radius 1 is 1.52 bits per heavy atom. The van der Waals surface area contributed by atoms with E-state index < -0.39 is 0 Å². The first kappa shape index (κ1) is 17.7. The van der Waals surface area contributed by atoms with E-state index >= 15 is 0 Å². The molecule has 0 aliphatic rings. The van der Waals surface area contributed by atoms with E-state index in [9.17, 15) is 4.79 Å². The maximum absolute atomic E-state index is 12.4. The summed E-state index contributed by atoms with van der Waals surface area (Å²) in [6, 6.07) is 3.51. The largest absolute Gasteiger partial charge is 0.495 e. The van der Waals surface area contributed by atoms with E-state index in [2.05, 4.69) is 10.3 Å². The van der Waals surface area contributed by atoms with Crippen molar-refractivity contribution in [2.24, 2.45) is 0 Å². The quantitative estimate of drug-likeness (QED) is 0.798. The lowest BCUT2D eigenvalue weighted by Crippen LogP contribution is -2.23. The number of imidazole rings is 1. The maximum Gasteiger partial charge on any atom is 0.237 e. The molecule has 2 rings (SSSR count). The Labute approximate surface area is 145 Å². The van der Waals surface area contributed by atoms with Crippen molar-refractivity contribution in [2.45, 2.75) is 37.7 Å². The smallest absolute Gasteiger partial charge is 0.237 e. The van der Waals surface area contributed by atoms with Gasteiger partial charge in [-0.25, -0.2) is 4.98 Å². The number of anilines is 1. The Morgan fingerprint density at radius 3 is 2.91 bits per heavy atom. The van der Waals surface area contributed by atoms with Crippen LogP contribution in [0.2, 0.25) is 5.02 Å². The fourth-order valence-corrected chi connectivity index (χ4v) is 3.11. The van der Waals surface area contributed by atoms with Gasteiger partial charge in [0.05, 0.1) is 18.0 Å². The lowest BCUT2D eigenvalue weighted by atomic mass is 10.2. The molecule has 124 valence electrons. The molecule has 0 saturated heterocycles. The summed E-state index contributed by atoms with van der Waals surface area (Å²) < 4.78 is 7.28. The monoisotopic (exact) mass is 353 g/mol. The molecule has 0 aliphatic carbocycles. The average molecular weight is 354 g/mol. The van der Waals surface area contributed by atoms with Gasteiger partial charge in [0.25, 0.3) is 0 Å². The minimum absolute atomic E-state index is 0.110. The number of methoxy groups -OCH3 is 1. The Bertz CT molecular complexity index is 703. The van der Waals surface area contributed by atoms with Crippen molar-refractivity contribution in [3.05, 3.63) is 35.1 Å². The summed E-state index contributed by atoms with van der Waals surface area (Å²) in [6.07, 6.45) is 3.64. The zero-order valence-electron chi connectivity index (χ0n) is 13.6. The minimum atomic E-state index is -0.289. The summed E-state index contributed by atoms with van der Waals surface area (Å²) in [5, 5.41) is 4.04. The molecule has 0 radical (unpaired) electrons. The zero-order valence-corrected chi connectivity index (χ0v) is 15.2. The van der Waals surface area contributed by atoms with Gasteiger partial charge in [0.15, 0.2) is 5.16 Å². The van der Waals surface area contributed by atoms with Crippen molar-refractivity contribution in [3.63, 3.8) is 0 Å². The van der Waals surface area contributed by atoms with E-state index in [-0.39, 0.29) is 11.2 Å². The Kier molecular flexibility index (Phi) is 5.96. The molecule has 0 aliphatic heterocycles. The maximum atomic E-state index is 12.4. The number of nitrogens with one attached hydrogen (secondary N) is 1. The van der Waals surface area contributed by atoms with Gasteiger partial charge in [0.2, 0.25) is 5.91 Å². The molecule has 1 amide bonds. The first-order chi connectivity index (χ1) is 11.0. The fraction of sp³-hybridized carbons (Fsp3) is 0.375. The van der Waals surface area contributed by atoms with E-state index in [0.29, 0.717) is 16.5 Å². The molecule has 0 saturated carbocycles. The highest BCUT2D eigenvalue weighted by molar-refractivity contribution is 8.00. The van der Waals surface area contributed by atoms with Crippen LogP contribution in [-0.2, 0) is 11.3 Å². The Morgan fingerprint density at radius 2 is 2.26 bits per heavy atom. The van der Waals surface area contributed by atoms with Gasteiger partial charge in [-0.05, 0) is 32.4 Å². The number of thioether (sulfide) groups is 1. The molecule has 1 aromatic heterocycles. The van der Waals surface area contributed by atoms with E-state index in [0.717, 1.165) is 17.3 Å². The Hall–Kier alpha value is -1.66. The zero-order chi connectivity index (χ0) is 17.0. The van der Waals surface area contributed by atoms with Gasteiger partial charge in [-0.15, -0.1) is 0 Å². The van der Waals surface area contributed by atoms with Gasteiger partial charge in [0, 0.05) is 30.0 Å². The van der Waals surface area contributed by atoms with E-state index in [4.69, 9.17) is 16.3 Å². The molecule has 1 aromatic carbocycles. The molecule has 1 N–H and O–H groups in total. The molecule has 2 aromatic rings. The fourth-order valence-electron chi connectivity index (χ4n) is 2.03. The van der Waals surface area contributed by atoms with Crippen LogP contribution in [-0.4, -0.2) is 27.8 Å². The van der Waals surface area contributed by atoms with Crippen LogP contribution in [0.5, 0.6) is 5.75 Å². The summed E-state index contributed by atoms with van der Waals surface area (Å²) in [5.41, 5.74) is 1.50. The third-order valence-electron chi connectivity index (χ3n) is 3.41. The molecular weight excluding hydrogens is 334 g/mol. The number of carbonyl (C=O) groups excluding carboxylic acids is 1. The number of aryl methyl sites for hydroxylation is 2. The topological polar surface area (TPSA) is 56.2 Å². The number of amides is 1. The summed E-state index contributed by atoms with van der Waals surface area (Å²) in [5.74, 6) is 0.432. The molecule has 5 nitrogen and oxygen atoms in total. The number of rotatable bonds is 6. The number of halogens is 1. The standard InChI is InChI=1S/C16H20ClN3O2S/c1-5-20-7-6-18-16(20)23-11(3)15(21)19-13-8-10(2)12(17)9-14(13)22-4/h6-9,11H,5H2,1-4H3,(H,19,21)/t11-/m1/s1. The van der Waals surface area contributed by atoms with Gasteiger partial charge in [-0.1, -0.05) is 23.4 Å². The van der Waals surface area contributed by atoms with Gasteiger partial charge in [-0.2, -0.15) is 0 Å². The number of carbonyl (C=O) groups is 1. The third kappa shape index (κ3) is 4.20. The molecule has 0 bridgehead atoms. The summed E-state index contributed by atoms with van der Waals surface area (Å²) in [6.45, 7) is 6.59. The van der Waals surface area contributed by atoms with Crippen LogP contribution in [0.3, 0.4) is 0 Å². The van der Waals surface area contributed by atoms with Gasteiger partial charge < -0.3 is 14.6 Å². The van der Waals surface area contributed by atoms with Crippen molar-refractivity contribution >= 4 is 35.0 Å². The number of hydrogen-bond acceptors (Lipinski definition) is 4. The molecule has 0 fully saturated rings. The van der Waals surface area contributed by atoms with E-state index in [1.165, 1.54) is 11.8 Å². The summed E-state index contributed by atoms with van der Waals surface area (Å²) in [4.78, 5) is 16.7. The van der Waals surface area contributed by atoms with Crippen LogP contribution in [0, 0.1) is 6.92 Å². The average Bonchev–Trinajstić information content (AvgIpc) is 2.97. The highest BCUT2D eigenvalue weighted by Gasteiger charge is 2.19. The normalized spacial score (nSPS) is 12.0. The van der Waals surface area contributed by atoms with Crippen molar-refractivity contribution < 1.29 is 9.53 Å². The second kappa shape index (κ2) is 7.75.